The monoisotopic (exact) mass is 190 g/mol. The standard InChI is InChI=1S/C7H10N2S.ClH/c1-2-6-5(7(8)9)3-4-10-6;/h3-4H,2H2,1H3,(H3,8,9);1H. The number of hydrogen-bond acceptors (Lipinski definition) is 2. The van der Waals surface area contributed by atoms with E-state index in [0.717, 1.165) is 12.0 Å². The minimum atomic E-state index is 0. The Morgan fingerprint density at radius 3 is 2.73 bits per heavy atom. The zero-order valence-electron chi connectivity index (χ0n) is 6.26. The van der Waals surface area contributed by atoms with Crippen LogP contribution in [0.4, 0.5) is 0 Å². The third-order valence-corrected chi connectivity index (χ3v) is 2.42. The molecule has 62 valence electrons. The van der Waals surface area contributed by atoms with Gasteiger partial charge in [-0.15, -0.1) is 23.7 Å². The van der Waals surface area contributed by atoms with Gasteiger partial charge in [0.25, 0.3) is 0 Å². The lowest BCUT2D eigenvalue weighted by molar-refractivity contribution is 1.17. The maximum atomic E-state index is 7.18. The van der Waals surface area contributed by atoms with E-state index in [-0.39, 0.29) is 18.2 Å². The van der Waals surface area contributed by atoms with Crippen LogP contribution < -0.4 is 5.73 Å². The van der Waals surface area contributed by atoms with Crippen molar-refractivity contribution in [1.29, 1.82) is 5.41 Å². The summed E-state index contributed by atoms with van der Waals surface area (Å²) in [4.78, 5) is 1.20. The van der Waals surface area contributed by atoms with Crippen molar-refractivity contribution >= 4 is 29.6 Å². The molecule has 0 saturated heterocycles. The molecule has 0 spiro atoms. The van der Waals surface area contributed by atoms with Gasteiger partial charge in [-0.3, -0.25) is 5.41 Å². The fourth-order valence-electron chi connectivity index (χ4n) is 0.854. The number of amidine groups is 1. The molecule has 4 heteroatoms. The average molecular weight is 191 g/mol. The summed E-state index contributed by atoms with van der Waals surface area (Å²) in [6, 6.07) is 1.89. The van der Waals surface area contributed by atoms with Crippen molar-refractivity contribution in [2.45, 2.75) is 13.3 Å². The first-order chi connectivity index (χ1) is 4.75. The second-order valence-corrected chi connectivity index (χ2v) is 3.03. The van der Waals surface area contributed by atoms with E-state index in [2.05, 4.69) is 6.92 Å². The van der Waals surface area contributed by atoms with E-state index >= 15 is 0 Å². The van der Waals surface area contributed by atoms with Crippen molar-refractivity contribution in [2.75, 3.05) is 0 Å². The summed E-state index contributed by atoms with van der Waals surface area (Å²) in [5.74, 6) is 0.179. The lowest BCUT2D eigenvalue weighted by Gasteiger charge is -1.95. The van der Waals surface area contributed by atoms with E-state index in [4.69, 9.17) is 11.1 Å². The zero-order chi connectivity index (χ0) is 7.56. The molecule has 0 bridgehead atoms. The molecule has 0 amide bonds. The molecule has 1 rings (SSSR count). The van der Waals surface area contributed by atoms with Crippen LogP contribution in [0.15, 0.2) is 11.4 Å². The smallest absolute Gasteiger partial charge is 0.123 e. The van der Waals surface area contributed by atoms with Gasteiger partial charge < -0.3 is 5.73 Å². The Morgan fingerprint density at radius 2 is 2.36 bits per heavy atom. The SMILES string of the molecule is CCc1sccc1C(=N)N.Cl. The van der Waals surface area contributed by atoms with Gasteiger partial charge in [0.1, 0.15) is 5.84 Å². The van der Waals surface area contributed by atoms with Crippen molar-refractivity contribution < 1.29 is 0 Å². The molecule has 0 aliphatic carbocycles. The normalized spacial score (nSPS) is 8.82. The van der Waals surface area contributed by atoms with Crippen LogP contribution in [0.2, 0.25) is 0 Å². The summed E-state index contributed by atoms with van der Waals surface area (Å²) in [5, 5.41) is 9.15. The minimum absolute atomic E-state index is 0. The first-order valence-electron chi connectivity index (χ1n) is 3.16. The van der Waals surface area contributed by atoms with Crippen LogP contribution in [0.3, 0.4) is 0 Å². The summed E-state index contributed by atoms with van der Waals surface area (Å²) >= 11 is 1.66. The van der Waals surface area contributed by atoms with Gasteiger partial charge in [-0.2, -0.15) is 0 Å². The Labute approximate surface area is 76.3 Å². The molecule has 0 aliphatic heterocycles. The molecule has 0 atom stereocenters. The highest BCUT2D eigenvalue weighted by molar-refractivity contribution is 7.10. The van der Waals surface area contributed by atoms with Gasteiger partial charge in [-0.25, -0.2) is 0 Å². The number of rotatable bonds is 2. The van der Waals surface area contributed by atoms with E-state index in [0.29, 0.717) is 0 Å². The van der Waals surface area contributed by atoms with Gasteiger partial charge in [0.05, 0.1) is 0 Å². The Hall–Kier alpha value is -0.540. The molecule has 1 aromatic rings. The van der Waals surface area contributed by atoms with E-state index < -0.39 is 0 Å². The maximum absolute atomic E-state index is 7.18. The van der Waals surface area contributed by atoms with E-state index in [1.54, 1.807) is 11.3 Å². The Kier molecular flexibility index (Phi) is 4.15. The van der Waals surface area contributed by atoms with Crippen molar-refractivity contribution in [3.8, 4) is 0 Å². The van der Waals surface area contributed by atoms with Crippen LogP contribution in [0.25, 0.3) is 0 Å². The van der Waals surface area contributed by atoms with Crippen LogP contribution in [0.1, 0.15) is 17.4 Å². The maximum Gasteiger partial charge on any atom is 0.123 e. The van der Waals surface area contributed by atoms with Gasteiger partial charge in [0.2, 0.25) is 0 Å². The number of nitrogens with one attached hydrogen (secondary N) is 1. The van der Waals surface area contributed by atoms with Crippen LogP contribution in [0, 0.1) is 5.41 Å². The van der Waals surface area contributed by atoms with Crippen molar-refractivity contribution in [3.63, 3.8) is 0 Å². The highest BCUT2D eigenvalue weighted by atomic mass is 35.5. The number of thiophene rings is 1. The second kappa shape index (κ2) is 4.36. The van der Waals surface area contributed by atoms with Crippen LogP contribution in [-0.2, 0) is 6.42 Å². The van der Waals surface area contributed by atoms with Gasteiger partial charge in [-0.05, 0) is 17.9 Å². The van der Waals surface area contributed by atoms with E-state index in [1.165, 1.54) is 4.88 Å². The Balaban J connectivity index is 0.000001000. The first kappa shape index (κ1) is 10.5. The second-order valence-electron chi connectivity index (χ2n) is 2.02. The predicted molar refractivity (Wildman–Crippen MR) is 52.0 cm³/mol. The molecule has 11 heavy (non-hydrogen) atoms. The van der Waals surface area contributed by atoms with Crippen molar-refractivity contribution in [2.24, 2.45) is 5.73 Å². The first-order valence-corrected chi connectivity index (χ1v) is 4.04. The van der Waals surface area contributed by atoms with Crippen molar-refractivity contribution in [1.82, 2.24) is 0 Å². The average Bonchev–Trinajstić information content (AvgIpc) is 2.33. The molecule has 1 heterocycles. The Bertz CT molecular complexity index is 244. The Morgan fingerprint density at radius 1 is 1.73 bits per heavy atom. The summed E-state index contributed by atoms with van der Waals surface area (Å²) in [6.45, 7) is 2.07. The molecule has 0 aliphatic rings. The molecule has 2 nitrogen and oxygen atoms in total. The molecule has 0 saturated carbocycles. The highest BCUT2D eigenvalue weighted by Crippen LogP contribution is 2.15. The number of halogens is 1. The molecule has 0 radical (unpaired) electrons. The fourth-order valence-corrected chi connectivity index (χ4v) is 1.69. The van der Waals surface area contributed by atoms with Crippen LogP contribution >= 0.6 is 23.7 Å². The topological polar surface area (TPSA) is 49.9 Å². The summed E-state index contributed by atoms with van der Waals surface area (Å²) < 4.78 is 0. The summed E-state index contributed by atoms with van der Waals surface area (Å²) in [5.41, 5.74) is 6.22. The quantitative estimate of drug-likeness (QED) is 0.544. The van der Waals surface area contributed by atoms with Crippen LogP contribution in [0.5, 0.6) is 0 Å². The molecule has 0 aromatic carbocycles. The largest absolute Gasteiger partial charge is 0.384 e. The van der Waals surface area contributed by atoms with Gasteiger partial charge in [0.15, 0.2) is 0 Å². The molecular weight excluding hydrogens is 180 g/mol. The highest BCUT2D eigenvalue weighted by Gasteiger charge is 2.02. The van der Waals surface area contributed by atoms with Gasteiger partial charge >= 0.3 is 0 Å². The molecule has 1 aromatic heterocycles. The zero-order valence-corrected chi connectivity index (χ0v) is 7.89. The predicted octanol–water partition coefficient (Wildman–Crippen LogP) is 2.02. The minimum Gasteiger partial charge on any atom is -0.384 e. The van der Waals surface area contributed by atoms with Gasteiger partial charge in [-0.1, -0.05) is 6.92 Å². The van der Waals surface area contributed by atoms with E-state index in [9.17, 15) is 0 Å². The third kappa shape index (κ3) is 2.20. The molecule has 3 N–H and O–H groups in total. The lowest BCUT2D eigenvalue weighted by Crippen LogP contribution is -2.11. The number of nitrogens with two attached hydrogens (primary N) is 1. The van der Waals surface area contributed by atoms with E-state index in [1.807, 2.05) is 11.4 Å². The summed E-state index contributed by atoms with van der Waals surface area (Å²) in [7, 11) is 0. The van der Waals surface area contributed by atoms with Crippen LogP contribution in [-0.4, -0.2) is 5.84 Å². The third-order valence-electron chi connectivity index (χ3n) is 1.36. The summed E-state index contributed by atoms with van der Waals surface area (Å²) in [6.07, 6.45) is 0.965. The van der Waals surface area contributed by atoms with Gasteiger partial charge in [0, 0.05) is 10.4 Å². The van der Waals surface area contributed by atoms with Crippen molar-refractivity contribution in [3.05, 3.63) is 21.9 Å². The number of nitrogen functional groups attached to an aromatic ring is 1. The molecular formula is C7H11ClN2S. The fraction of sp³-hybridized carbons (Fsp3) is 0.286. The number of aryl methyl sites for hydroxylation is 1. The number of hydrogen-bond donors (Lipinski definition) is 2. The molecule has 0 fully saturated rings. The molecule has 0 unspecified atom stereocenters. The lowest BCUT2D eigenvalue weighted by atomic mass is 10.2.